The van der Waals surface area contributed by atoms with E-state index in [0.717, 1.165) is 5.56 Å². The van der Waals surface area contributed by atoms with E-state index in [4.69, 9.17) is 0 Å². The molecule has 5 heteroatoms. The lowest BCUT2D eigenvalue weighted by atomic mass is 9.97. The third kappa shape index (κ3) is 5.25. The normalized spacial score (nSPS) is 11.4. The number of nitrogens with zero attached hydrogens (tertiary/aromatic N) is 1. The second kappa shape index (κ2) is 8.76. The number of anilines is 2. The van der Waals surface area contributed by atoms with Crippen LogP contribution in [0, 0.1) is 0 Å². The molecule has 136 valence electrons. The van der Waals surface area contributed by atoms with Crippen LogP contribution in [0.15, 0.2) is 79.1 Å². The number of nitrogens with one attached hydrogen (secondary N) is 2. The molecule has 2 amide bonds. The summed E-state index contributed by atoms with van der Waals surface area (Å²) in [5.74, 6) is -0.145. The second-order valence-corrected chi connectivity index (χ2v) is 6.34. The van der Waals surface area contributed by atoms with Crippen LogP contribution in [0.3, 0.4) is 0 Å². The van der Waals surface area contributed by atoms with Gasteiger partial charge in [0, 0.05) is 23.9 Å². The second-order valence-electron chi connectivity index (χ2n) is 6.34. The summed E-state index contributed by atoms with van der Waals surface area (Å²) in [5, 5.41) is 5.65. The van der Waals surface area contributed by atoms with Crippen LogP contribution in [0.4, 0.5) is 11.4 Å². The fraction of sp³-hybridized carbons (Fsp3) is 0.136. The molecule has 3 rings (SSSR count). The van der Waals surface area contributed by atoms with Crippen molar-refractivity contribution >= 4 is 23.2 Å². The van der Waals surface area contributed by atoms with Crippen LogP contribution >= 0.6 is 0 Å². The number of amides is 2. The van der Waals surface area contributed by atoms with Gasteiger partial charge in [-0.25, -0.2) is 0 Å². The minimum absolute atomic E-state index is 0.0566. The first-order valence-corrected chi connectivity index (χ1v) is 8.78. The third-order valence-electron chi connectivity index (χ3n) is 4.21. The van der Waals surface area contributed by atoms with Crippen LogP contribution in [0.1, 0.15) is 35.2 Å². The summed E-state index contributed by atoms with van der Waals surface area (Å²) >= 11 is 0. The Morgan fingerprint density at radius 3 is 2.30 bits per heavy atom. The molecule has 1 atom stereocenters. The van der Waals surface area contributed by atoms with Gasteiger partial charge >= 0.3 is 0 Å². The molecular weight excluding hydrogens is 338 g/mol. The third-order valence-corrected chi connectivity index (χ3v) is 4.21. The van der Waals surface area contributed by atoms with Crippen molar-refractivity contribution in [1.29, 1.82) is 0 Å². The minimum atomic E-state index is -0.224. The highest BCUT2D eigenvalue weighted by molar-refractivity contribution is 6.04. The molecule has 0 aliphatic heterocycles. The molecule has 5 nitrogen and oxygen atoms in total. The first-order valence-electron chi connectivity index (χ1n) is 8.78. The summed E-state index contributed by atoms with van der Waals surface area (Å²) in [6.45, 7) is 2.03. The number of carbonyl (C=O) groups is 2. The lowest BCUT2D eigenvalue weighted by molar-refractivity contribution is -0.116. The number of rotatable bonds is 6. The number of aromatic nitrogens is 1. The standard InChI is InChI=1S/C22H21N3O2/c1-16(17-6-3-2-4-7-17)14-21(26)24-19-11-9-18(10-12-19)22(27)25-20-8-5-13-23-15-20/h2-13,15-16H,14H2,1H3,(H,24,26)(H,25,27)/t16-/m0/s1. The van der Waals surface area contributed by atoms with Gasteiger partial charge in [0.05, 0.1) is 11.9 Å². The Morgan fingerprint density at radius 2 is 1.63 bits per heavy atom. The largest absolute Gasteiger partial charge is 0.326 e. The Hall–Kier alpha value is -3.47. The summed E-state index contributed by atoms with van der Waals surface area (Å²) in [5.41, 5.74) is 2.94. The minimum Gasteiger partial charge on any atom is -0.326 e. The van der Waals surface area contributed by atoms with Crippen LogP contribution in [0.25, 0.3) is 0 Å². The number of hydrogen-bond acceptors (Lipinski definition) is 3. The van der Waals surface area contributed by atoms with Crippen molar-refractivity contribution in [1.82, 2.24) is 4.98 Å². The molecule has 0 bridgehead atoms. The average Bonchev–Trinajstić information content (AvgIpc) is 2.70. The number of carbonyl (C=O) groups excluding carboxylic acids is 2. The molecule has 2 N–H and O–H groups in total. The molecular formula is C22H21N3O2. The Balaban J connectivity index is 1.55. The maximum Gasteiger partial charge on any atom is 0.255 e. The maximum atomic E-state index is 12.3. The van der Waals surface area contributed by atoms with E-state index in [1.165, 1.54) is 0 Å². The van der Waals surface area contributed by atoms with E-state index in [2.05, 4.69) is 15.6 Å². The van der Waals surface area contributed by atoms with Gasteiger partial charge in [0.15, 0.2) is 0 Å². The summed E-state index contributed by atoms with van der Waals surface area (Å²) < 4.78 is 0. The molecule has 0 aliphatic rings. The van der Waals surface area contributed by atoms with Crippen molar-refractivity contribution in [3.63, 3.8) is 0 Å². The predicted octanol–water partition coefficient (Wildman–Crippen LogP) is 4.47. The van der Waals surface area contributed by atoms with E-state index >= 15 is 0 Å². The lowest BCUT2D eigenvalue weighted by Crippen LogP contribution is -2.15. The van der Waals surface area contributed by atoms with Crippen molar-refractivity contribution < 1.29 is 9.59 Å². The molecule has 0 spiro atoms. The zero-order chi connectivity index (χ0) is 19.1. The lowest BCUT2D eigenvalue weighted by Gasteiger charge is -2.12. The molecule has 0 fully saturated rings. The fourth-order valence-corrected chi connectivity index (χ4v) is 2.73. The van der Waals surface area contributed by atoms with Crippen LogP contribution in [0.5, 0.6) is 0 Å². The summed E-state index contributed by atoms with van der Waals surface area (Å²) in [6, 6.07) is 20.3. The van der Waals surface area contributed by atoms with Crippen LogP contribution in [-0.4, -0.2) is 16.8 Å². The van der Waals surface area contributed by atoms with Crippen molar-refractivity contribution in [2.24, 2.45) is 0 Å². The van der Waals surface area contributed by atoms with E-state index in [1.54, 1.807) is 48.8 Å². The van der Waals surface area contributed by atoms with Gasteiger partial charge in [0.1, 0.15) is 0 Å². The molecule has 1 heterocycles. The van der Waals surface area contributed by atoms with E-state index in [0.29, 0.717) is 23.4 Å². The maximum absolute atomic E-state index is 12.3. The van der Waals surface area contributed by atoms with Gasteiger partial charge in [0.2, 0.25) is 5.91 Å². The molecule has 2 aromatic carbocycles. The number of hydrogen-bond donors (Lipinski definition) is 2. The topological polar surface area (TPSA) is 71.1 Å². The van der Waals surface area contributed by atoms with Gasteiger partial charge in [-0.3, -0.25) is 14.6 Å². The van der Waals surface area contributed by atoms with E-state index < -0.39 is 0 Å². The molecule has 0 saturated carbocycles. The molecule has 0 radical (unpaired) electrons. The molecule has 3 aromatic rings. The quantitative estimate of drug-likeness (QED) is 0.682. The Kier molecular flexibility index (Phi) is 5.94. The summed E-state index contributed by atoms with van der Waals surface area (Å²) in [7, 11) is 0. The molecule has 0 saturated heterocycles. The van der Waals surface area contributed by atoms with Crippen LogP contribution in [0.2, 0.25) is 0 Å². The molecule has 0 unspecified atom stereocenters. The van der Waals surface area contributed by atoms with Crippen molar-refractivity contribution in [3.8, 4) is 0 Å². The molecule has 27 heavy (non-hydrogen) atoms. The summed E-state index contributed by atoms with van der Waals surface area (Å²) in [6.07, 6.45) is 3.62. The summed E-state index contributed by atoms with van der Waals surface area (Å²) in [4.78, 5) is 28.4. The fourth-order valence-electron chi connectivity index (χ4n) is 2.73. The highest BCUT2D eigenvalue weighted by atomic mass is 16.2. The Morgan fingerprint density at radius 1 is 0.889 bits per heavy atom. The highest BCUT2D eigenvalue weighted by Crippen LogP contribution is 2.19. The zero-order valence-corrected chi connectivity index (χ0v) is 15.1. The highest BCUT2D eigenvalue weighted by Gasteiger charge is 2.12. The predicted molar refractivity (Wildman–Crippen MR) is 107 cm³/mol. The van der Waals surface area contributed by atoms with Gasteiger partial charge in [-0.2, -0.15) is 0 Å². The van der Waals surface area contributed by atoms with Gasteiger partial charge < -0.3 is 10.6 Å². The van der Waals surface area contributed by atoms with E-state index in [9.17, 15) is 9.59 Å². The molecule has 1 aromatic heterocycles. The monoisotopic (exact) mass is 359 g/mol. The Bertz CT molecular complexity index is 894. The van der Waals surface area contributed by atoms with Crippen LogP contribution < -0.4 is 10.6 Å². The Labute approximate surface area is 158 Å². The smallest absolute Gasteiger partial charge is 0.255 e. The van der Waals surface area contributed by atoms with Crippen LogP contribution in [-0.2, 0) is 4.79 Å². The van der Waals surface area contributed by atoms with Gasteiger partial charge in [-0.05, 0) is 47.9 Å². The molecule has 0 aliphatic carbocycles. The number of pyridine rings is 1. The first kappa shape index (κ1) is 18.3. The zero-order valence-electron chi connectivity index (χ0n) is 15.1. The van der Waals surface area contributed by atoms with E-state index in [-0.39, 0.29) is 17.7 Å². The number of benzene rings is 2. The van der Waals surface area contributed by atoms with Crippen molar-refractivity contribution in [2.75, 3.05) is 10.6 Å². The van der Waals surface area contributed by atoms with Gasteiger partial charge in [0.25, 0.3) is 5.91 Å². The SMILES string of the molecule is C[C@@H](CC(=O)Nc1ccc(C(=O)Nc2cccnc2)cc1)c1ccccc1. The van der Waals surface area contributed by atoms with Crippen molar-refractivity contribution in [3.05, 3.63) is 90.3 Å². The first-order chi connectivity index (χ1) is 13.1. The van der Waals surface area contributed by atoms with Gasteiger partial charge in [-0.15, -0.1) is 0 Å². The van der Waals surface area contributed by atoms with Crippen molar-refractivity contribution in [2.45, 2.75) is 19.3 Å². The van der Waals surface area contributed by atoms with Gasteiger partial charge in [-0.1, -0.05) is 37.3 Å². The average molecular weight is 359 g/mol. The van der Waals surface area contributed by atoms with E-state index in [1.807, 2.05) is 37.3 Å².